The van der Waals surface area contributed by atoms with E-state index in [-0.39, 0.29) is 5.82 Å². The molecule has 0 N–H and O–H groups in total. The van der Waals surface area contributed by atoms with Crippen molar-refractivity contribution in [3.05, 3.63) is 64.7 Å². The molecule has 0 unspecified atom stereocenters. The lowest BCUT2D eigenvalue weighted by Gasteiger charge is -2.20. The second-order valence-corrected chi connectivity index (χ2v) is 4.99. The third-order valence-electron chi connectivity index (χ3n) is 3.35. The third-order valence-corrected chi connectivity index (χ3v) is 3.35. The van der Waals surface area contributed by atoms with E-state index >= 15 is 0 Å². The fraction of sp³-hybridized carbons (Fsp3) is 0.294. The molecule has 0 saturated heterocycles. The molecule has 1 aromatic carbocycles. The first-order valence-corrected chi connectivity index (χ1v) is 6.95. The number of aromatic nitrogens is 1. The summed E-state index contributed by atoms with van der Waals surface area (Å²) >= 11 is 0. The van der Waals surface area contributed by atoms with Gasteiger partial charge in [-0.05, 0) is 43.8 Å². The highest BCUT2D eigenvalue weighted by atomic mass is 19.1. The summed E-state index contributed by atoms with van der Waals surface area (Å²) in [5, 5.41) is 8.91. The van der Waals surface area contributed by atoms with Crippen LogP contribution in [0.5, 0.6) is 0 Å². The number of halogens is 1. The van der Waals surface area contributed by atoms with Gasteiger partial charge in [0.2, 0.25) is 0 Å². The lowest BCUT2D eigenvalue weighted by atomic mass is 10.1. The zero-order valence-electron chi connectivity index (χ0n) is 12.3. The van der Waals surface area contributed by atoms with Gasteiger partial charge in [0, 0.05) is 24.3 Å². The quantitative estimate of drug-likeness (QED) is 0.844. The molecule has 3 nitrogen and oxygen atoms in total. The average Bonchev–Trinajstić information content (AvgIpc) is 2.48. The van der Waals surface area contributed by atoms with Gasteiger partial charge in [0.05, 0.1) is 17.3 Å². The van der Waals surface area contributed by atoms with E-state index < -0.39 is 0 Å². The Balaban J connectivity index is 2.14. The molecule has 0 amide bonds. The largest absolute Gasteiger partial charge is 0.293 e. The van der Waals surface area contributed by atoms with Gasteiger partial charge < -0.3 is 0 Å². The van der Waals surface area contributed by atoms with Crippen LogP contribution in [0, 0.1) is 24.1 Å². The molecule has 0 aliphatic carbocycles. The lowest BCUT2D eigenvalue weighted by Crippen LogP contribution is -2.23. The smallest absolute Gasteiger partial charge is 0.127 e. The Morgan fingerprint density at radius 3 is 2.71 bits per heavy atom. The van der Waals surface area contributed by atoms with Crippen molar-refractivity contribution < 1.29 is 4.39 Å². The number of aryl methyl sites for hydroxylation is 1. The fourth-order valence-corrected chi connectivity index (χ4v) is 2.20. The molecule has 4 heteroatoms. The second-order valence-electron chi connectivity index (χ2n) is 4.99. The van der Waals surface area contributed by atoms with Crippen LogP contribution >= 0.6 is 0 Å². The molecule has 0 bridgehead atoms. The maximum absolute atomic E-state index is 13.9. The molecule has 108 valence electrons. The topological polar surface area (TPSA) is 39.9 Å². The van der Waals surface area contributed by atoms with E-state index in [1.54, 1.807) is 6.07 Å². The zero-order chi connectivity index (χ0) is 15.2. The highest BCUT2D eigenvalue weighted by molar-refractivity contribution is 5.33. The molecular formula is C17H18FN3. The molecule has 1 aromatic heterocycles. The van der Waals surface area contributed by atoms with E-state index in [4.69, 9.17) is 5.26 Å². The van der Waals surface area contributed by atoms with E-state index in [1.165, 1.54) is 12.1 Å². The summed E-state index contributed by atoms with van der Waals surface area (Å²) in [6, 6.07) is 12.4. The summed E-state index contributed by atoms with van der Waals surface area (Å²) in [7, 11) is 0. The Morgan fingerprint density at radius 2 is 2.05 bits per heavy atom. The van der Waals surface area contributed by atoms with Crippen LogP contribution in [0.15, 0.2) is 36.4 Å². The van der Waals surface area contributed by atoms with Gasteiger partial charge in [0.25, 0.3) is 0 Å². The van der Waals surface area contributed by atoms with Crippen molar-refractivity contribution in [1.82, 2.24) is 9.88 Å². The van der Waals surface area contributed by atoms with Gasteiger partial charge in [0.1, 0.15) is 5.82 Å². The van der Waals surface area contributed by atoms with Crippen LogP contribution in [0.3, 0.4) is 0 Å². The third kappa shape index (κ3) is 4.11. The lowest BCUT2D eigenvalue weighted by molar-refractivity contribution is 0.264. The van der Waals surface area contributed by atoms with Gasteiger partial charge in [-0.1, -0.05) is 13.0 Å². The molecule has 2 aromatic rings. The van der Waals surface area contributed by atoms with E-state index in [1.807, 2.05) is 38.1 Å². The maximum atomic E-state index is 13.9. The number of pyridine rings is 1. The molecule has 21 heavy (non-hydrogen) atoms. The van der Waals surface area contributed by atoms with Crippen LogP contribution in [-0.4, -0.2) is 16.4 Å². The van der Waals surface area contributed by atoms with Gasteiger partial charge >= 0.3 is 0 Å². The van der Waals surface area contributed by atoms with Crippen LogP contribution in [-0.2, 0) is 13.1 Å². The minimum absolute atomic E-state index is 0.273. The molecule has 0 aliphatic rings. The Morgan fingerprint density at radius 1 is 1.24 bits per heavy atom. The van der Waals surface area contributed by atoms with Crippen molar-refractivity contribution in [2.24, 2.45) is 0 Å². The summed E-state index contributed by atoms with van der Waals surface area (Å²) < 4.78 is 13.9. The standard InChI is InChI=1S/C17H18FN3/c1-3-21(12-16-6-4-5-13(2)20-16)11-15-9-14(10-19)7-8-17(15)18/h4-9H,3,11-12H2,1-2H3. The van der Waals surface area contributed by atoms with Gasteiger partial charge in [-0.3, -0.25) is 9.88 Å². The normalized spacial score (nSPS) is 10.6. The van der Waals surface area contributed by atoms with Crippen LogP contribution < -0.4 is 0 Å². The number of nitriles is 1. The monoisotopic (exact) mass is 283 g/mol. The summed E-state index contributed by atoms with van der Waals surface area (Å²) in [6.45, 7) is 5.89. The summed E-state index contributed by atoms with van der Waals surface area (Å²) in [5.74, 6) is -0.273. The summed E-state index contributed by atoms with van der Waals surface area (Å²) in [4.78, 5) is 6.57. The fourth-order valence-electron chi connectivity index (χ4n) is 2.20. The number of hydrogen-bond donors (Lipinski definition) is 0. The van der Waals surface area contributed by atoms with E-state index in [0.29, 0.717) is 24.2 Å². The van der Waals surface area contributed by atoms with E-state index in [9.17, 15) is 4.39 Å². The molecule has 0 spiro atoms. The Kier molecular flexibility index (Phi) is 5.02. The van der Waals surface area contributed by atoms with Gasteiger partial charge in [-0.25, -0.2) is 4.39 Å². The first kappa shape index (κ1) is 15.1. The van der Waals surface area contributed by atoms with Crippen molar-refractivity contribution >= 4 is 0 Å². The minimum atomic E-state index is -0.273. The number of rotatable bonds is 5. The highest BCUT2D eigenvalue weighted by Crippen LogP contribution is 2.14. The number of benzene rings is 1. The molecule has 0 saturated carbocycles. The number of nitrogens with zero attached hydrogens (tertiary/aromatic N) is 3. The molecule has 0 aliphatic heterocycles. The predicted molar refractivity (Wildman–Crippen MR) is 79.9 cm³/mol. The first-order chi connectivity index (χ1) is 10.1. The summed E-state index contributed by atoms with van der Waals surface area (Å²) in [5.41, 5.74) is 2.97. The average molecular weight is 283 g/mol. The summed E-state index contributed by atoms with van der Waals surface area (Å²) in [6.07, 6.45) is 0. The maximum Gasteiger partial charge on any atom is 0.127 e. The predicted octanol–water partition coefficient (Wildman–Crippen LogP) is 3.42. The highest BCUT2D eigenvalue weighted by Gasteiger charge is 2.10. The second kappa shape index (κ2) is 6.96. The van der Waals surface area contributed by atoms with Gasteiger partial charge in [-0.2, -0.15) is 5.26 Å². The van der Waals surface area contributed by atoms with Gasteiger partial charge in [0.15, 0.2) is 0 Å². The Bertz CT molecular complexity index is 661. The van der Waals surface area contributed by atoms with Crippen molar-refractivity contribution in [2.75, 3.05) is 6.54 Å². The molecular weight excluding hydrogens is 265 g/mol. The number of hydrogen-bond acceptors (Lipinski definition) is 3. The van der Waals surface area contributed by atoms with Crippen molar-refractivity contribution in [1.29, 1.82) is 5.26 Å². The SMILES string of the molecule is CCN(Cc1cccc(C)n1)Cc1cc(C#N)ccc1F. The first-order valence-electron chi connectivity index (χ1n) is 6.95. The van der Waals surface area contributed by atoms with Crippen LogP contribution in [0.2, 0.25) is 0 Å². The van der Waals surface area contributed by atoms with Crippen molar-refractivity contribution in [2.45, 2.75) is 26.9 Å². The molecule has 2 rings (SSSR count). The minimum Gasteiger partial charge on any atom is -0.293 e. The van der Waals surface area contributed by atoms with E-state index in [2.05, 4.69) is 9.88 Å². The van der Waals surface area contributed by atoms with Crippen LogP contribution in [0.1, 0.15) is 29.4 Å². The van der Waals surface area contributed by atoms with Gasteiger partial charge in [-0.15, -0.1) is 0 Å². The Hall–Kier alpha value is -2.25. The molecule has 0 fully saturated rings. The molecule has 0 radical (unpaired) electrons. The van der Waals surface area contributed by atoms with Crippen molar-refractivity contribution in [3.63, 3.8) is 0 Å². The van der Waals surface area contributed by atoms with E-state index in [0.717, 1.165) is 17.9 Å². The molecule has 1 heterocycles. The zero-order valence-corrected chi connectivity index (χ0v) is 12.3. The van der Waals surface area contributed by atoms with Crippen LogP contribution in [0.4, 0.5) is 4.39 Å². The Labute approximate surface area is 124 Å². The van der Waals surface area contributed by atoms with Crippen LogP contribution in [0.25, 0.3) is 0 Å². The molecule has 0 atom stereocenters. The van der Waals surface area contributed by atoms with Crippen molar-refractivity contribution in [3.8, 4) is 6.07 Å².